The van der Waals surface area contributed by atoms with E-state index in [0.717, 1.165) is 12.8 Å². The number of hydrogen-bond donors (Lipinski definition) is 1. The molecule has 4 nitrogen and oxygen atoms in total. The van der Waals surface area contributed by atoms with Gasteiger partial charge < -0.3 is 9.47 Å². The van der Waals surface area contributed by atoms with Crippen molar-refractivity contribution in [2.24, 2.45) is 5.92 Å². The zero-order chi connectivity index (χ0) is 15.0. The van der Waals surface area contributed by atoms with Crippen molar-refractivity contribution in [3.63, 3.8) is 0 Å². The Kier molecular flexibility index (Phi) is 7.52. The first-order valence-corrected chi connectivity index (χ1v) is 8.00. The van der Waals surface area contributed by atoms with Crippen LogP contribution in [-0.2, 0) is 14.3 Å². The number of methoxy groups -OCH3 is 1. The van der Waals surface area contributed by atoms with E-state index >= 15 is 0 Å². The lowest BCUT2D eigenvalue weighted by molar-refractivity contribution is -0.157. The van der Waals surface area contributed by atoms with E-state index in [1.165, 1.54) is 25.7 Å². The van der Waals surface area contributed by atoms with E-state index in [0.29, 0.717) is 19.3 Å². The normalized spacial score (nSPS) is 20.4. The third kappa shape index (κ3) is 4.45. The molecule has 118 valence electrons. The first kappa shape index (κ1) is 17.4. The number of rotatable bonds is 7. The average molecular weight is 285 g/mol. The van der Waals surface area contributed by atoms with Crippen molar-refractivity contribution in [2.45, 2.75) is 70.9 Å². The van der Waals surface area contributed by atoms with Gasteiger partial charge in [-0.25, -0.2) is 4.79 Å². The van der Waals surface area contributed by atoms with Gasteiger partial charge >= 0.3 is 5.97 Å². The minimum Gasteiger partial charge on any atom is -0.465 e. The summed E-state index contributed by atoms with van der Waals surface area (Å²) in [7, 11) is 1.64. The van der Waals surface area contributed by atoms with Crippen molar-refractivity contribution in [1.82, 2.24) is 5.32 Å². The van der Waals surface area contributed by atoms with E-state index in [2.05, 4.69) is 19.2 Å². The van der Waals surface area contributed by atoms with Crippen molar-refractivity contribution < 1.29 is 14.3 Å². The van der Waals surface area contributed by atoms with Crippen LogP contribution in [0.1, 0.15) is 59.3 Å². The molecular weight excluding hydrogens is 254 g/mol. The highest BCUT2D eigenvalue weighted by molar-refractivity contribution is 5.81. The maximum absolute atomic E-state index is 12.5. The van der Waals surface area contributed by atoms with Gasteiger partial charge in [-0.15, -0.1) is 0 Å². The second-order valence-electron chi connectivity index (χ2n) is 6.11. The van der Waals surface area contributed by atoms with Gasteiger partial charge in [-0.3, -0.25) is 5.32 Å². The number of esters is 1. The lowest BCUT2D eigenvalue weighted by atomic mass is 9.85. The standard InChI is InChI=1S/C16H31NO3/c1-5-20-15(18)16(12-19-4,13(2)3)17-14-10-8-6-7-9-11-14/h13-14,17H,5-12H2,1-4H3. The summed E-state index contributed by atoms with van der Waals surface area (Å²) in [6, 6.07) is 0.388. The first-order chi connectivity index (χ1) is 9.56. The molecule has 0 amide bonds. The Morgan fingerprint density at radius 1 is 1.25 bits per heavy atom. The van der Waals surface area contributed by atoms with Crippen LogP contribution in [0.5, 0.6) is 0 Å². The second-order valence-corrected chi connectivity index (χ2v) is 6.11. The van der Waals surface area contributed by atoms with E-state index in [9.17, 15) is 4.79 Å². The second kappa shape index (κ2) is 8.63. The highest BCUT2D eigenvalue weighted by Gasteiger charge is 2.44. The monoisotopic (exact) mass is 285 g/mol. The number of hydrogen-bond acceptors (Lipinski definition) is 4. The molecule has 0 aromatic carbocycles. The zero-order valence-corrected chi connectivity index (χ0v) is 13.5. The van der Waals surface area contributed by atoms with E-state index in [4.69, 9.17) is 9.47 Å². The van der Waals surface area contributed by atoms with Crippen molar-refractivity contribution in [3.05, 3.63) is 0 Å². The van der Waals surface area contributed by atoms with Gasteiger partial charge in [0.1, 0.15) is 5.54 Å². The van der Waals surface area contributed by atoms with Crippen LogP contribution in [0, 0.1) is 5.92 Å². The number of nitrogens with one attached hydrogen (secondary N) is 1. The molecule has 1 rings (SSSR count). The summed E-state index contributed by atoms with van der Waals surface area (Å²) in [6.07, 6.45) is 7.35. The summed E-state index contributed by atoms with van der Waals surface area (Å²) >= 11 is 0. The maximum Gasteiger partial charge on any atom is 0.329 e. The lowest BCUT2D eigenvalue weighted by Gasteiger charge is -2.38. The predicted octanol–water partition coefficient (Wildman–Crippen LogP) is 2.90. The van der Waals surface area contributed by atoms with Gasteiger partial charge in [0.05, 0.1) is 13.2 Å². The number of ether oxygens (including phenoxy) is 2. The maximum atomic E-state index is 12.5. The summed E-state index contributed by atoms with van der Waals surface area (Å²) < 4.78 is 10.7. The molecule has 1 aliphatic rings. The Labute approximate surface area is 123 Å². The summed E-state index contributed by atoms with van der Waals surface area (Å²) in [6.45, 7) is 6.73. The number of carbonyl (C=O) groups is 1. The summed E-state index contributed by atoms with van der Waals surface area (Å²) in [5.74, 6) is -0.0501. The van der Waals surface area contributed by atoms with E-state index in [1.807, 2.05) is 6.92 Å². The fourth-order valence-corrected chi connectivity index (χ4v) is 3.00. The predicted molar refractivity (Wildman–Crippen MR) is 80.7 cm³/mol. The zero-order valence-electron chi connectivity index (χ0n) is 13.5. The molecular formula is C16H31NO3. The van der Waals surface area contributed by atoms with E-state index in [1.54, 1.807) is 7.11 Å². The quantitative estimate of drug-likeness (QED) is 0.577. The van der Waals surface area contributed by atoms with Crippen molar-refractivity contribution in [2.75, 3.05) is 20.3 Å². The van der Waals surface area contributed by atoms with Crippen LogP contribution in [0.25, 0.3) is 0 Å². The molecule has 20 heavy (non-hydrogen) atoms. The van der Waals surface area contributed by atoms with Gasteiger partial charge in [0.15, 0.2) is 0 Å². The van der Waals surface area contributed by atoms with Gasteiger partial charge in [0.2, 0.25) is 0 Å². The summed E-state index contributed by atoms with van der Waals surface area (Å²) in [4.78, 5) is 12.5. The minimum atomic E-state index is -0.722. The van der Waals surface area contributed by atoms with Gasteiger partial charge in [0.25, 0.3) is 0 Å². The molecule has 0 spiro atoms. The minimum absolute atomic E-state index is 0.129. The average Bonchev–Trinajstić information content (AvgIpc) is 2.66. The highest BCUT2D eigenvalue weighted by atomic mass is 16.5. The fourth-order valence-electron chi connectivity index (χ4n) is 3.00. The van der Waals surface area contributed by atoms with Crippen LogP contribution in [0.4, 0.5) is 0 Å². The van der Waals surface area contributed by atoms with E-state index < -0.39 is 5.54 Å². The summed E-state index contributed by atoms with van der Waals surface area (Å²) in [5.41, 5.74) is -0.722. The van der Waals surface area contributed by atoms with Crippen LogP contribution in [0.3, 0.4) is 0 Å². The molecule has 0 aromatic rings. The molecule has 0 bridgehead atoms. The molecule has 0 heterocycles. The van der Waals surface area contributed by atoms with Crippen LogP contribution >= 0.6 is 0 Å². The molecule has 0 radical (unpaired) electrons. The van der Waals surface area contributed by atoms with Crippen LogP contribution in [0.2, 0.25) is 0 Å². The summed E-state index contributed by atoms with van der Waals surface area (Å²) in [5, 5.41) is 3.59. The van der Waals surface area contributed by atoms with Gasteiger partial charge in [-0.2, -0.15) is 0 Å². The van der Waals surface area contributed by atoms with Gasteiger partial charge in [-0.1, -0.05) is 39.5 Å². The largest absolute Gasteiger partial charge is 0.465 e. The van der Waals surface area contributed by atoms with Crippen molar-refractivity contribution in [1.29, 1.82) is 0 Å². The Bertz CT molecular complexity index is 285. The third-order valence-corrected chi connectivity index (χ3v) is 4.31. The van der Waals surface area contributed by atoms with Crippen LogP contribution in [0.15, 0.2) is 0 Å². The molecule has 0 aliphatic heterocycles. The molecule has 0 saturated heterocycles. The molecule has 1 saturated carbocycles. The van der Waals surface area contributed by atoms with Crippen molar-refractivity contribution in [3.8, 4) is 0 Å². The molecule has 1 unspecified atom stereocenters. The first-order valence-electron chi connectivity index (χ1n) is 8.00. The molecule has 1 atom stereocenters. The van der Waals surface area contributed by atoms with Crippen LogP contribution in [-0.4, -0.2) is 37.9 Å². The Hall–Kier alpha value is -0.610. The lowest BCUT2D eigenvalue weighted by Crippen LogP contribution is -2.62. The van der Waals surface area contributed by atoms with Crippen molar-refractivity contribution >= 4 is 5.97 Å². The molecule has 0 aromatic heterocycles. The Balaban J connectivity index is 2.86. The smallest absolute Gasteiger partial charge is 0.329 e. The fraction of sp³-hybridized carbons (Fsp3) is 0.938. The molecule has 1 fully saturated rings. The molecule has 1 aliphatic carbocycles. The SMILES string of the molecule is CCOC(=O)C(COC)(NC1CCCCCC1)C(C)C. The van der Waals surface area contributed by atoms with Gasteiger partial charge in [0, 0.05) is 13.2 Å². The topological polar surface area (TPSA) is 47.6 Å². The Morgan fingerprint density at radius 2 is 1.85 bits per heavy atom. The molecule has 1 N–H and O–H groups in total. The van der Waals surface area contributed by atoms with Crippen LogP contribution < -0.4 is 5.32 Å². The van der Waals surface area contributed by atoms with E-state index in [-0.39, 0.29) is 11.9 Å². The molecule has 4 heteroatoms. The third-order valence-electron chi connectivity index (χ3n) is 4.31. The highest BCUT2D eigenvalue weighted by Crippen LogP contribution is 2.25. The Morgan fingerprint density at radius 3 is 2.30 bits per heavy atom. The number of carbonyl (C=O) groups excluding carboxylic acids is 1. The van der Waals surface area contributed by atoms with Gasteiger partial charge in [-0.05, 0) is 25.7 Å².